The summed E-state index contributed by atoms with van der Waals surface area (Å²) in [5.74, 6) is -0.836. The molecule has 0 aliphatic rings. The third-order valence-corrected chi connectivity index (χ3v) is 6.53. The maximum atomic E-state index is 12.5. The molecule has 3 aromatic rings. The van der Waals surface area contributed by atoms with Crippen LogP contribution < -0.4 is 15.7 Å². The van der Waals surface area contributed by atoms with Gasteiger partial charge >= 0.3 is 6.18 Å². The number of thiophene rings is 1. The number of aryl methyl sites for hydroxylation is 1. The van der Waals surface area contributed by atoms with Gasteiger partial charge in [-0.15, -0.1) is 11.3 Å². The van der Waals surface area contributed by atoms with Gasteiger partial charge in [-0.1, -0.05) is 13.0 Å². The normalized spacial score (nSPS) is 12.3. The Balaban J connectivity index is 1.85. The van der Waals surface area contributed by atoms with Crippen molar-refractivity contribution < 1.29 is 26.4 Å². The number of hydrogen-bond acceptors (Lipinski definition) is 6. The van der Waals surface area contributed by atoms with Crippen molar-refractivity contribution in [3.05, 3.63) is 57.5 Å². The van der Waals surface area contributed by atoms with Crippen LogP contribution in [0.25, 0.3) is 10.2 Å². The minimum absolute atomic E-state index is 0.170. The van der Waals surface area contributed by atoms with Crippen LogP contribution in [0.4, 0.5) is 13.2 Å². The minimum atomic E-state index is -4.73. The second-order valence-electron chi connectivity index (χ2n) is 6.11. The number of rotatable bonds is 6. The Hall–Kier alpha value is -2.77. The van der Waals surface area contributed by atoms with Gasteiger partial charge in [0.2, 0.25) is 10.0 Å². The number of hydrogen-bond donors (Lipinski definition) is 2. The standard InChI is InChI=1S/C17H15F3N4O4S2/c1-2-11-7-13-15(29-11)21-9-24(16(13)26)23-14(25)10-4-3-5-12(6-10)30(27,28)22-8-17(18,19)20/h3-7,9,22H,2,8H2,1H3,(H,23,25). The molecule has 0 bridgehead atoms. The maximum Gasteiger partial charge on any atom is 0.402 e. The van der Waals surface area contributed by atoms with Crippen molar-refractivity contribution in [2.24, 2.45) is 0 Å². The molecule has 0 spiro atoms. The number of nitrogens with zero attached hydrogens (tertiary/aromatic N) is 2. The number of fused-ring (bicyclic) bond motifs is 1. The van der Waals surface area contributed by atoms with Crippen LogP contribution in [0.2, 0.25) is 0 Å². The highest BCUT2D eigenvalue weighted by atomic mass is 32.2. The van der Waals surface area contributed by atoms with E-state index in [1.807, 2.05) is 6.92 Å². The van der Waals surface area contributed by atoms with Crippen molar-refractivity contribution in [2.75, 3.05) is 12.0 Å². The number of benzene rings is 1. The van der Waals surface area contributed by atoms with Crippen molar-refractivity contribution in [2.45, 2.75) is 24.4 Å². The Morgan fingerprint density at radius 3 is 2.67 bits per heavy atom. The summed E-state index contributed by atoms with van der Waals surface area (Å²) in [5.41, 5.74) is 1.61. The number of carbonyl (C=O) groups is 1. The number of nitrogens with one attached hydrogen (secondary N) is 2. The van der Waals surface area contributed by atoms with E-state index in [2.05, 4.69) is 10.4 Å². The van der Waals surface area contributed by atoms with E-state index in [4.69, 9.17) is 0 Å². The average molecular weight is 460 g/mol. The van der Waals surface area contributed by atoms with E-state index in [0.717, 1.165) is 34.4 Å². The molecule has 1 aromatic carbocycles. The second-order valence-corrected chi connectivity index (χ2v) is 9.00. The molecule has 1 amide bonds. The van der Waals surface area contributed by atoms with E-state index in [9.17, 15) is 31.2 Å². The molecule has 0 aliphatic heterocycles. The molecule has 2 N–H and O–H groups in total. The fourth-order valence-corrected chi connectivity index (χ4v) is 4.45. The molecular weight excluding hydrogens is 445 g/mol. The Morgan fingerprint density at radius 2 is 2.00 bits per heavy atom. The fraction of sp³-hybridized carbons (Fsp3) is 0.235. The first-order valence-corrected chi connectivity index (χ1v) is 10.8. The Kier molecular flexibility index (Phi) is 5.97. The van der Waals surface area contributed by atoms with Crippen LogP contribution in [0.3, 0.4) is 0 Å². The number of carbonyl (C=O) groups excluding carboxylic acids is 1. The van der Waals surface area contributed by atoms with Crippen molar-refractivity contribution >= 4 is 37.5 Å². The Morgan fingerprint density at radius 1 is 1.27 bits per heavy atom. The van der Waals surface area contributed by atoms with Gasteiger partial charge in [0.15, 0.2) is 0 Å². The van der Waals surface area contributed by atoms with Crippen molar-refractivity contribution in [3.8, 4) is 0 Å². The van der Waals surface area contributed by atoms with E-state index in [0.29, 0.717) is 10.2 Å². The molecule has 13 heteroatoms. The Bertz CT molecular complexity index is 1270. The predicted molar refractivity (Wildman–Crippen MR) is 105 cm³/mol. The predicted octanol–water partition coefficient (Wildman–Crippen LogP) is 2.24. The number of halogens is 3. The molecule has 2 aromatic heterocycles. The van der Waals surface area contributed by atoms with E-state index in [1.54, 1.807) is 6.07 Å². The van der Waals surface area contributed by atoms with Crippen molar-refractivity contribution in [1.29, 1.82) is 0 Å². The number of alkyl halides is 3. The lowest BCUT2D eigenvalue weighted by Crippen LogP contribution is -2.34. The van der Waals surface area contributed by atoms with Gasteiger partial charge in [-0.2, -0.15) is 13.2 Å². The third-order valence-electron chi connectivity index (χ3n) is 3.94. The first-order chi connectivity index (χ1) is 14.0. The van der Waals surface area contributed by atoms with Crippen LogP contribution in [0.5, 0.6) is 0 Å². The zero-order chi connectivity index (χ0) is 22.1. The fourth-order valence-electron chi connectivity index (χ4n) is 2.47. The van der Waals surface area contributed by atoms with Gasteiger partial charge in [0, 0.05) is 10.4 Å². The molecular formula is C17H15F3N4O4S2. The molecule has 2 heterocycles. The molecule has 0 atom stereocenters. The van der Waals surface area contributed by atoms with E-state index in [1.165, 1.54) is 28.2 Å². The third kappa shape index (κ3) is 4.86. The Labute approximate surface area is 172 Å². The molecule has 8 nitrogen and oxygen atoms in total. The molecule has 0 unspecified atom stereocenters. The van der Waals surface area contributed by atoms with Gasteiger partial charge in [-0.3, -0.25) is 15.0 Å². The summed E-state index contributed by atoms with van der Waals surface area (Å²) in [6.45, 7) is 0.183. The highest BCUT2D eigenvalue weighted by Crippen LogP contribution is 2.21. The topological polar surface area (TPSA) is 110 Å². The summed E-state index contributed by atoms with van der Waals surface area (Å²) in [6, 6.07) is 6.10. The summed E-state index contributed by atoms with van der Waals surface area (Å²) in [7, 11) is -4.49. The van der Waals surface area contributed by atoms with Crippen molar-refractivity contribution in [3.63, 3.8) is 0 Å². The molecule has 0 aliphatic carbocycles. The largest absolute Gasteiger partial charge is 0.402 e. The van der Waals surface area contributed by atoms with E-state index < -0.39 is 39.1 Å². The SMILES string of the molecule is CCc1cc2c(=O)n(NC(=O)c3cccc(S(=O)(=O)NCC(F)(F)F)c3)cnc2s1. The molecule has 0 radical (unpaired) electrons. The number of amides is 1. The average Bonchev–Trinajstić information content (AvgIpc) is 3.12. The van der Waals surface area contributed by atoms with E-state index in [-0.39, 0.29) is 5.56 Å². The summed E-state index contributed by atoms with van der Waals surface area (Å²) in [6.07, 6.45) is -2.88. The monoisotopic (exact) mass is 460 g/mol. The van der Waals surface area contributed by atoms with Crippen molar-refractivity contribution in [1.82, 2.24) is 14.4 Å². The van der Waals surface area contributed by atoms with Gasteiger partial charge in [0.1, 0.15) is 17.7 Å². The highest BCUT2D eigenvalue weighted by Gasteiger charge is 2.30. The van der Waals surface area contributed by atoms with Crippen LogP contribution in [0, 0.1) is 0 Å². The maximum absolute atomic E-state index is 12.5. The smallest absolute Gasteiger partial charge is 0.267 e. The lowest BCUT2D eigenvalue weighted by molar-refractivity contribution is -0.121. The quantitative estimate of drug-likeness (QED) is 0.586. The molecule has 3 rings (SSSR count). The minimum Gasteiger partial charge on any atom is -0.267 e. The zero-order valence-electron chi connectivity index (χ0n) is 15.4. The van der Waals surface area contributed by atoms with Crippen LogP contribution in [-0.4, -0.2) is 36.7 Å². The first-order valence-electron chi connectivity index (χ1n) is 8.48. The molecule has 0 fully saturated rings. The second kappa shape index (κ2) is 8.16. The van der Waals surface area contributed by atoms with Crippen LogP contribution in [-0.2, 0) is 16.4 Å². The van der Waals surface area contributed by atoms with Gasteiger partial charge in [0.25, 0.3) is 11.5 Å². The molecule has 0 saturated carbocycles. The van der Waals surface area contributed by atoms with Gasteiger partial charge in [-0.05, 0) is 30.7 Å². The lowest BCUT2D eigenvalue weighted by atomic mass is 10.2. The first kappa shape index (κ1) is 21.9. The number of aromatic nitrogens is 2. The van der Waals surface area contributed by atoms with Gasteiger partial charge in [-0.25, -0.2) is 22.8 Å². The summed E-state index contributed by atoms with van der Waals surface area (Å²) < 4.78 is 63.2. The number of sulfonamides is 1. The summed E-state index contributed by atoms with van der Waals surface area (Å²) in [5, 5.41) is 0.326. The zero-order valence-corrected chi connectivity index (χ0v) is 17.0. The van der Waals surface area contributed by atoms with Crippen LogP contribution >= 0.6 is 11.3 Å². The van der Waals surface area contributed by atoms with E-state index >= 15 is 0 Å². The molecule has 0 saturated heterocycles. The van der Waals surface area contributed by atoms with Gasteiger partial charge in [0.05, 0.1) is 10.3 Å². The van der Waals surface area contributed by atoms with Gasteiger partial charge < -0.3 is 0 Å². The van der Waals surface area contributed by atoms with Crippen LogP contribution in [0.15, 0.2) is 46.3 Å². The summed E-state index contributed by atoms with van der Waals surface area (Å²) in [4.78, 5) is 30.1. The summed E-state index contributed by atoms with van der Waals surface area (Å²) >= 11 is 1.36. The molecule has 30 heavy (non-hydrogen) atoms. The molecule has 160 valence electrons. The highest BCUT2D eigenvalue weighted by molar-refractivity contribution is 7.89. The van der Waals surface area contributed by atoms with Crippen LogP contribution in [0.1, 0.15) is 22.2 Å². The lowest BCUT2D eigenvalue weighted by Gasteiger charge is -2.11.